The molecule has 0 saturated carbocycles. The van der Waals surface area contributed by atoms with Crippen LogP contribution < -0.4 is 0 Å². The van der Waals surface area contributed by atoms with Gasteiger partial charge in [-0.15, -0.1) is 0 Å². The summed E-state index contributed by atoms with van der Waals surface area (Å²) in [5.41, 5.74) is 1.99. The molecule has 1 aromatic carbocycles. The van der Waals surface area contributed by atoms with Crippen LogP contribution in [0.15, 0.2) is 18.2 Å². The number of aromatic nitrogens is 1. The van der Waals surface area contributed by atoms with Crippen LogP contribution in [0.1, 0.15) is 47.3 Å². The number of para-hydroxylation sites is 1. The number of aromatic carboxylic acids is 1. The SMILES string of the molecule is O=C(O)c1c2c(nc3c(F)cccc13)CCCCCC2. The van der Waals surface area contributed by atoms with Gasteiger partial charge in [0.2, 0.25) is 0 Å². The molecule has 104 valence electrons. The lowest BCUT2D eigenvalue weighted by molar-refractivity contribution is 0.0697. The molecule has 0 saturated heterocycles. The number of nitrogens with zero attached hydrogens (tertiary/aromatic N) is 1. The van der Waals surface area contributed by atoms with Crippen molar-refractivity contribution in [3.05, 3.63) is 40.8 Å². The molecular formula is C16H16FNO2. The molecular weight excluding hydrogens is 257 g/mol. The highest BCUT2D eigenvalue weighted by molar-refractivity contribution is 6.04. The number of halogens is 1. The van der Waals surface area contributed by atoms with Crippen LogP contribution in [-0.4, -0.2) is 16.1 Å². The molecule has 1 aromatic heterocycles. The van der Waals surface area contributed by atoms with Crippen LogP contribution in [-0.2, 0) is 12.8 Å². The predicted octanol–water partition coefficient (Wildman–Crippen LogP) is 3.73. The number of fused-ring (bicyclic) bond motifs is 2. The van der Waals surface area contributed by atoms with Crippen molar-refractivity contribution in [2.24, 2.45) is 0 Å². The molecule has 0 fully saturated rings. The summed E-state index contributed by atoms with van der Waals surface area (Å²) in [4.78, 5) is 16.1. The maximum absolute atomic E-state index is 13.9. The summed E-state index contributed by atoms with van der Waals surface area (Å²) in [6.07, 6.45) is 5.64. The van der Waals surface area contributed by atoms with Crippen LogP contribution in [0.4, 0.5) is 4.39 Å². The summed E-state index contributed by atoms with van der Waals surface area (Å²) in [5.74, 6) is -1.44. The standard InChI is InChI=1S/C16H16FNO2/c17-12-8-5-7-11-14(16(19)20)10-6-3-1-2-4-9-13(10)18-15(11)12/h5,7-8H,1-4,6,9H2,(H,19,20). The van der Waals surface area contributed by atoms with E-state index in [1.807, 2.05) is 0 Å². The Balaban J connectivity index is 2.34. The molecule has 0 radical (unpaired) electrons. The number of carboxylic acid groups (broad SMARTS) is 1. The molecule has 1 heterocycles. The molecule has 1 N–H and O–H groups in total. The molecule has 0 unspecified atom stereocenters. The fraction of sp³-hybridized carbons (Fsp3) is 0.375. The highest BCUT2D eigenvalue weighted by Gasteiger charge is 2.21. The van der Waals surface area contributed by atoms with Crippen molar-refractivity contribution in [1.82, 2.24) is 4.98 Å². The van der Waals surface area contributed by atoms with Gasteiger partial charge >= 0.3 is 5.97 Å². The first-order valence-electron chi connectivity index (χ1n) is 7.02. The third-order valence-corrected chi connectivity index (χ3v) is 3.96. The van der Waals surface area contributed by atoms with E-state index in [9.17, 15) is 14.3 Å². The Morgan fingerprint density at radius 3 is 2.65 bits per heavy atom. The summed E-state index contributed by atoms with van der Waals surface area (Å²) < 4.78 is 13.9. The van der Waals surface area contributed by atoms with Crippen molar-refractivity contribution in [3.8, 4) is 0 Å². The summed E-state index contributed by atoms with van der Waals surface area (Å²) in [6.45, 7) is 0. The van der Waals surface area contributed by atoms with E-state index in [0.29, 0.717) is 5.39 Å². The second kappa shape index (κ2) is 5.19. The van der Waals surface area contributed by atoms with Crippen LogP contribution in [0.2, 0.25) is 0 Å². The topological polar surface area (TPSA) is 50.2 Å². The van der Waals surface area contributed by atoms with E-state index in [-0.39, 0.29) is 11.1 Å². The first kappa shape index (κ1) is 13.0. The van der Waals surface area contributed by atoms with Crippen molar-refractivity contribution in [3.63, 3.8) is 0 Å². The highest BCUT2D eigenvalue weighted by atomic mass is 19.1. The van der Waals surface area contributed by atoms with Gasteiger partial charge in [0.1, 0.15) is 11.3 Å². The molecule has 3 nitrogen and oxygen atoms in total. The summed E-state index contributed by atoms with van der Waals surface area (Å²) >= 11 is 0. The van der Waals surface area contributed by atoms with Crippen LogP contribution in [0.5, 0.6) is 0 Å². The van der Waals surface area contributed by atoms with Crippen LogP contribution in [0.3, 0.4) is 0 Å². The number of rotatable bonds is 1. The maximum Gasteiger partial charge on any atom is 0.336 e. The number of aryl methyl sites for hydroxylation is 1. The number of carbonyl (C=O) groups is 1. The van der Waals surface area contributed by atoms with Gasteiger partial charge in [-0.2, -0.15) is 0 Å². The van der Waals surface area contributed by atoms with E-state index < -0.39 is 11.8 Å². The average molecular weight is 273 g/mol. The second-order valence-corrected chi connectivity index (χ2v) is 5.27. The van der Waals surface area contributed by atoms with E-state index in [1.54, 1.807) is 12.1 Å². The molecule has 1 aliphatic carbocycles. The van der Waals surface area contributed by atoms with Gasteiger partial charge in [-0.1, -0.05) is 25.0 Å². The van der Waals surface area contributed by atoms with E-state index in [0.717, 1.165) is 49.8 Å². The Labute approximate surface area is 116 Å². The normalized spacial score (nSPS) is 15.4. The number of carboxylic acids is 1. The zero-order chi connectivity index (χ0) is 14.1. The third-order valence-electron chi connectivity index (χ3n) is 3.96. The monoisotopic (exact) mass is 273 g/mol. The highest BCUT2D eigenvalue weighted by Crippen LogP contribution is 2.29. The lowest BCUT2D eigenvalue weighted by Crippen LogP contribution is -2.12. The molecule has 1 aliphatic rings. The fourth-order valence-corrected chi connectivity index (χ4v) is 3.01. The van der Waals surface area contributed by atoms with Crippen LogP contribution >= 0.6 is 0 Å². The van der Waals surface area contributed by atoms with Gasteiger partial charge in [0, 0.05) is 11.1 Å². The number of benzene rings is 1. The van der Waals surface area contributed by atoms with Crippen molar-refractivity contribution in [2.75, 3.05) is 0 Å². The number of hydrogen-bond acceptors (Lipinski definition) is 2. The summed E-state index contributed by atoms with van der Waals surface area (Å²) in [5, 5.41) is 9.96. The first-order valence-corrected chi connectivity index (χ1v) is 7.02. The average Bonchev–Trinajstić information content (AvgIpc) is 2.38. The Morgan fingerprint density at radius 2 is 1.90 bits per heavy atom. The zero-order valence-electron chi connectivity index (χ0n) is 11.2. The van der Waals surface area contributed by atoms with E-state index in [1.165, 1.54) is 6.07 Å². The van der Waals surface area contributed by atoms with E-state index in [2.05, 4.69) is 4.98 Å². The predicted molar refractivity (Wildman–Crippen MR) is 74.5 cm³/mol. The van der Waals surface area contributed by atoms with Crippen molar-refractivity contribution in [2.45, 2.75) is 38.5 Å². The van der Waals surface area contributed by atoms with Gasteiger partial charge in [-0.3, -0.25) is 0 Å². The Bertz CT molecular complexity index is 682. The molecule has 4 heteroatoms. The second-order valence-electron chi connectivity index (χ2n) is 5.27. The molecule has 0 amide bonds. The van der Waals surface area contributed by atoms with Gasteiger partial charge in [-0.05, 0) is 37.3 Å². The van der Waals surface area contributed by atoms with Gasteiger partial charge in [0.25, 0.3) is 0 Å². The molecule has 0 bridgehead atoms. The maximum atomic E-state index is 13.9. The van der Waals surface area contributed by atoms with Gasteiger partial charge in [0.05, 0.1) is 5.56 Å². The van der Waals surface area contributed by atoms with Gasteiger partial charge in [0.15, 0.2) is 0 Å². The molecule has 0 atom stereocenters. The summed E-state index contributed by atoms with van der Waals surface area (Å²) in [6, 6.07) is 4.52. The molecule has 20 heavy (non-hydrogen) atoms. The minimum atomic E-state index is -0.986. The Morgan fingerprint density at radius 1 is 1.15 bits per heavy atom. The van der Waals surface area contributed by atoms with Crippen molar-refractivity contribution < 1.29 is 14.3 Å². The number of pyridine rings is 1. The lowest BCUT2D eigenvalue weighted by Gasteiger charge is -2.17. The first-order chi connectivity index (χ1) is 9.68. The quantitative estimate of drug-likeness (QED) is 0.861. The van der Waals surface area contributed by atoms with Gasteiger partial charge < -0.3 is 5.11 Å². The molecule has 0 spiro atoms. The fourth-order valence-electron chi connectivity index (χ4n) is 3.01. The van der Waals surface area contributed by atoms with Crippen LogP contribution in [0, 0.1) is 5.82 Å². The molecule has 0 aliphatic heterocycles. The zero-order valence-corrected chi connectivity index (χ0v) is 11.2. The van der Waals surface area contributed by atoms with Crippen molar-refractivity contribution in [1.29, 1.82) is 0 Å². The van der Waals surface area contributed by atoms with Crippen molar-refractivity contribution >= 4 is 16.9 Å². The van der Waals surface area contributed by atoms with E-state index in [4.69, 9.17) is 0 Å². The minimum Gasteiger partial charge on any atom is -0.478 e. The smallest absolute Gasteiger partial charge is 0.336 e. The van der Waals surface area contributed by atoms with E-state index >= 15 is 0 Å². The largest absolute Gasteiger partial charge is 0.478 e. The molecule has 3 rings (SSSR count). The number of hydrogen-bond donors (Lipinski definition) is 1. The van der Waals surface area contributed by atoms with Gasteiger partial charge in [-0.25, -0.2) is 14.2 Å². The van der Waals surface area contributed by atoms with Crippen LogP contribution in [0.25, 0.3) is 10.9 Å². The summed E-state index contributed by atoms with van der Waals surface area (Å²) in [7, 11) is 0. The lowest BCUT2D eigenvalue weighted by atomic mass is 9.91. The third kappa shape index (κ3) is 2.15. The molecule has 2 aromatic rings. The Kier molecular flexibility index (Phi) is 3.38. The minimum absolute atomic E-state index is 0.184. The Hall–Kier alpha value is -1.97.